The van der Waals surface area contributed by atoms with E-state index in [1.807, 2.05) is 64.1 Å². The van der Waals surface area contributed by atoms with Crippen LogP contribution in [0.5, 0.6) is 0 Å². The highest BCUT2D eigenvalue weighted by molar-refractivity contribution is 5.91. The molecule has 0 radical (unpaired) electrons. The molecule has 1 N–H and O–H groups in total. The molecule has 152 valence electrons. The lowest BCUT2D eigenvalue weighted by Gasteiger charge is -2.10. The van der Waals surface area contributed by atoms with E-state index in [0.29, 0.717) is 16.7 Å². The molecule has 4 aromatic rings. The molecule has 0 fully saturated rings. The molecular formula is C23H23N5O2. The van der Waals surface area contributed by atoms with Crippen LogP contribution in [0.3, 0.4) is 0 Å². The predicted molar refractivity (Wildman–Crippen MR) is 117 cm³/mol. The van der Waals surface area contributed by atoms with Gasteiger partial charge in [-0.3, -0.25) is 14.2 Å². The molecule has 4 rings (SSSR count). The highest BCUT2D eigenvalue weighted by Crippen LogP contribution is 2.20. The van der Waals surface area contributed by atoms with Gasteiger partial charge in [-0.15, -0.1) is 0 Å². The number of carbonyl (C=O) groups excluding carboxylic acids is 1. The Labute approximate surface area is 174 Å². The highest BCUT2D eigenvalue weighted by atomic mass is 16.2. The van der Waals surface area contributed by atoms with Crippen LogP contribution in [0.15, 0.2) is 53.7 Å². The molecule has 0 aliphatic carbocycles. The fraction of sp³-hybridized carbons (Fsp3) is 0.217. The second-order valence-corrected chi connectivity index (χ2v) is 7.61. The van der Waals surface area contributed by atoms with Crippen LogP contribution >= 0.6 is 0 Å². The Kier molecular flexibility index (Phi) is 4.95. The Balaban J connectivity index is 1.64. The van der Waals surface area contributed by atoms with Crippen LogP contribution < -0.4 is 10.9 Å². The molecule has 0 bridgehead atoms. The maximum atomic E-state index is 12.9. The van der Waals surface area contributed by atoms with Crippen molar-refractivity contribution in [1.82, 2.24) is 19.3 Å². The van der Waals surface area contributed by atoms with E-state index in [1.54, 1.807) is 4.68 Å². The topological polar surface area (TPSA) is 81.8 Å². The number of anilines is 1. The number of hydrogen-bond acceptors (Lipinski definition) is 4. The quantitative estimate of drug-likeness (QED) is 0.568. The summed E-state index contributed by atoms with van der Waals surface area (Å²) in [5, 5.41) is 7.59. The summed E-state index contributed by atoms with van der Waals surface area (Å²) in [5.74, 6) is -0.287. The third kappa shape index (κ3) is 3.61. The SMILES string of the molecule is Cc1cc(C)cc(NC(=O)Cn2cnc3c(cnn3-c3cccc(C)c3C)c2=O)c1. The molecule has 0 saturated carbocycles. The largest absolute Gasteiger partial charge is 0.325 e. The van der Waals surface area contributed by atoms with Crippen LogP contribution in [-0.4, -0.2) is 25.2 Å². The number of nitrogens with zero attached hydrogens (tertiary/aromatic N) is 4. The number of amides is 1. The van der Waals surface area contributed by atoms with Crippen molar-refractivity contribution in [3.05, 3.63) is 81.5 Å². The Hall–Kier alpha value is -3.74. The summed E-state index contributed by atoms with van der Waals surface area (Å²) in [6.45, 7) is 7.86. The van der Waals surface area contributed by atoms with E-state index in [1.165, 1.54) is 17.1 Å². The number of benzene rings is 2. The molecule has 0 aliphatic rings. The van der Waals surface area contributed by atoms with Gasteiger partial charge in [-0.05, 0) is 68.1 Å². The monoisotopic (exact) mass is 401 g/mol. The molecule has 7 heteroatoms. The Bertz CT molecular complexity index is 1310. The van der Waals surface area contributed by atoms with Crippen molar-refractivity contribution in [2.24, 2.45) is 0 Å². The van der Waals surface area contributed by atoms with Gasteiger partial charge in [0.25, 0.3) is 5.56 Å². The Morgan fingerprint density at radius 2 is 1.80 bits per heavy atom. The predicted octanol–water partition coefficient (Wildman–Crippen LogP) is 3.45. The van der Waals surface area contributed by atoms with E-state index in [0.717, 1.165) is 27.9 Å². The third-order valence-corrected chi connectivity index (χ3v) is 5.18. The molecule has 0 saturated heterocycles. The molecule has 2 aromatic carbocycles. The molecule has 0 atom stereocenters. The zero-order valence-corrected chi connectivity index (χ0v) is 17.4. The summed E-state index contributed by atoms with van der Waals surface area (Å²) in [5.41, 5.74) is 6.08. The molecule has 7 nitrogen and oxygen atoms in total. The molecule has 0 spiro atoms. The van der Waals surface area contributed by atoms with Crippen molar-refractivity contribution in [3.63, 3.8) is 0 Å². The summed E-state index contributed by atoms with van der Waals surface area (Å²) in [6.07, 6.45) is 2.90. The van der Waals surface area contributed by atoms with Crippen molar-refractivity contribution < 1.29 is 4.79 Å². The minimum Gasteiger partial charge on any atom is -0.325 e. The molecular weight excluding hydrogens is 378 g/mol. The van der Waals surface area contributed by atoms with Gasteiger partial charge in [-0.1, -0.05) is 18.2 Å². The lowest BCUT2D eigenvalue weighted by molar-refractivity contribution is -0.116. The first-order valence-corrected chi connectivity index (χ1v) is 9.71. The molecule has 30 heavy (non-hydrogen) atoms. The maximum Gasteiger partial charge on any atom is 0.264 e. The third-order valence-electron chi connectivity index (χ3n) is 5.18. The molecule has 0 aliphatic heterocycles. The summed E-state index contributed by atoms with van der Waals surface area (Å²) in [4.78, 5) is 29.8. The number of aromatic nitrogens is 4. The summed E-state index contributed by atoms with van der Waals surface area (Å²) in [7, 11) is 0. The van der Waals surface area contributed by atoms with Gasteiger partial charge in [0.15, 0.2) is 5.65 Å². The lowest BCUT2D eigenvalue weighted by atomic mass is 10.1. The molecule has 1 amide bonds. The highest BCUT2D eigenvalue weighted by Gasteiger charge is 2.15. The smallest absolute Gasteiger partial charge is 0.264 e. The lowest BCUT2D eigenvalue weighted by Crippen LogP contribution is -2.27. The van der Waals surface area contributed by atoms with Crippen molar-refractivity contribution in [2.75, 3.05) is 5.32 Å². The standard InChI is InChI=1S/C23H23N5O2/c1-14-8-15(2)10-18(9-14)26-21(29)12-27-13-24-22-19(23(27)30)11-25-28(22)20-7-5-6-16(3)17(20)4/h5-11,13H,12H2,1-4H3,(H,26,29). The van der Waals surface area contributed by atoms with E-state index < -0.39 is 0 Å². The van der Waals surface area contributed by atoms with E-state index in [4.69, 9.17) is 0 Å². The Morgan fingerprint density at radius 3 is 2.53 bits per heavy atom. The minimum atomic E-state index is -0.299. The number of hydrogen-bond donors (Lipinski definition) is 1. The van der Waals surface area contributed by atoms with Gasteiger partial charge in [0.2, 0.25) is 5.91 Å². The number of aryl methyl sites for hydroxylation is 3. The zero-order chi connectivity index (χ0) is 21.4. The normalized spacial score (nSPS) is 11.1. The average Bonchev–Trinajstić information content (AvgIpc) is 3.10. The van der Waals surface area contributed by atoms with Crippen molar-refractivity contribution in [2.45, 2.75) is 34.2 Å². The number of nitrogens with one attached hydrogen (secondary N) is 1. The molecule has 2 aromatic heterocycles. The number of carbonyl (C=O) groups is 1. The number of fused-ring (bicyclic) bond motifs is 1. The first kappa shape index (κ1) is 19.6. The first-order valence-electron chi connectivity index (χ1n) is 9.71. The van der Waals surface area contributed by atoms with Crippen LogP contribution in [0.2, 0.25) is 0 Å². The van der Waals surface area contributed by atoms with Gasteiger partial charge in [-0.25, -0.2) is 9.67 Å². The van der Waals surface area contributed by atoms with Gasteiger partial charge in [-0.2, -0.15) is 5.10 Å². The molecule has 0 unspecified atom stereocenters. The van der Waals surface area contributed by atoms with Crippen LogP contribution in [0.1, 0.15) is 22.3 Å². The van der Waals surface area contributed by atoms with Gasteiger partial charge in [0, 0.05) is 5.69 Å². The molecule has 2 heterocycles. The van der Waals surface area contributed by atoms with Crippen LogP contribution in [0.4, 0.5) is 5.69 Å². The number of rotatable bonds is 4. The van der Waals surface area contributed by atoms with Gasteiger partial charge >= 0.3 is 0 Å². The van der Waals surface area contributed by atoms with Gasteiger partial charge in [0.1, 0.15) is 18.3 Å². The van der Waals surface area contributed by atoms with Crippen LogP contribution in [0.25, 0.3) is 16.7 Å². The average molecular weight is 401 g/mol. The second kappa shape index (κ2) is 7.59. The summed E-state index contributed by atoms with van der Waals surface area (Å²) in [6, 6.07) is 11.7. The van der Waals surface area contributed by atoms with Crippen molar-refractivity contribution >= 4 is 22.6 Å². The van der Waals surface area contributed by atoms with E-state index >= 15 is 0 Å². The maximum absolute atomic E-state index is 12.9. The first-order chi connectivity index (χ1) is 14.3. The van der Waals surface area contributed by atoms with Crippen LogP contribution in [0, 0.1) is 27.7 Å². The van der Waals surface area contributed by atoms with E-state index in [2.05, 4.69) is 15.4 Å². The minimum absolute atomic E-state index is 0.122. The van der Waals surface area contributed by atoms with Gasteiger partial charge in [0.05, 0.1) is 11.9 Å². The van der Waals surface area contributed by atoms with Crippen LogP contribution in [-0.2, 0) is 11.3 Å². The van der Waals surface area contributed by atoms with Gasteiger partial charge < -0.3 is 5.32 Å². The fourth-order valence-electron chi connectivity index (χ4n) is 3.60. The zero-order valence-electron chi connectivity index (χ0n) is 17.4. The Morgan fingerprint density at radius 1 is 1.07 bits per heavy atom. The summed E-state index contributed by atoms with van der Waals surface area (Å²) >= 11 is 0. The van der Waals surface area contributed by atoms with E-state index in [9.17, 15) is 9.59 Å². The summed E-state index contributed by atoms with van der Waals surface area (Å²) < 4.78 is 2.97. The van der Waals surface area contributed by atoms with E-state index in [-0.39, 0.29) is 18.0 Å². The van der Waals surface area contributed by atoms with Crippen molar-refractivity contribution in [3.8, 4) is 5.69 Å². The van der Waals surface area contributed by atoms with Crippen molar-refractivity contribution in [1.29, 1.82) is 0 Å². The second-order valence-electron chi connectivity index (χ2n) is 7.61. The fourth-order valence-corrected chi connectivity index (χ4v) is 3.60.